The Morgan fingerprint density at radius 2 is 1.88 bits per heavy atom. The zero-order valence-corrected chi connectivity index (χ0v) is 21.0. The maximum atomic E-state index is 12.0. The molecule has 0 radical (unpaired) electrons. The maximum absolute atomic E-state index is 12.0. The van der Waals surface area contributed by atoms with Crippen LogP contribution in [-0.2, 0) is 16.0 Å². The van der Waals surface area contributed by atoms with Gasteiger partial charge in [-0.05, 0) is 70.2 Å². The van der Waals surface area contributed by atoms with Crippen molar-refractivity contribution in [2.45, 2.75) is 38.9 Å². The lowest BCUT2D eigenvalue weighted by atomic mass is 10.2. The number of rotatable bonds is 10. The molecule has 0 spiro atoms. The SMILES string of the molecule is CCOC(=O)C(C)(C)SCC=Cc1ccc(Cc2nc(-c3ccc(N(C)C)cc3)oc2C)o1. The first kappa shape index (κ1) is 24.7. The number of aromatic nitrogens is 1. The van der Waals surface area contributed by atoms with E-state index in [0.717, 1.165) is 34.2 Å². The molecule has 0 aliphatic carbocycles. The van der Waals surface area contributed by atoms with Gasteiger partial charge in [0.05, 0.1) is 18.7 Å². The second kappa shape index (κ2) is 10.8. The number of ether oxygens (including phenoxy) is 1. The molecule has 176 valence electrons. The number of nitrogens with zero attached hydrogens (tertiary/aromatic N) is 2. The number of hydrogen-bond acceptors (Lipinski definition) is 7. The number of benzene rings is 1. The summed E-state index contributed by atoms with van der Waals surface area (Å²) in [5.74, 6) is 3.47. The Kier molecular flexibility index (Phi) is 8.08. The Hall–Kier alpha value is -2.93. The molecule has 1 aromatic carbocycles. The molecular formula is C26H32N2O4S. The molecule has 0 amide bonds. The molecule has 0 N–H and O–H groups in total. The number of thioether (sulfide) groups is 1. The Morgan fingerprint density at radius 1 is 1.15 bits per heavy atom. The van der Waals surface area contributed by atoms with Crippen molar-refractivity contribution in [2.75, 3.05) is 31.4 Å². The van der Waals surface area contributed by atoms with E-state index in [-0.39, 0.29) is 5.97 Å². The van der Waals surface area contributed by atoms with Crippen LogP contribution in [0.4, 0.5) is 5.69 Å². The lowest BCUT2D eigenvalue weighted by Gasteiger charge is -2.20. The van der Waals surface area contributed by atoms with Gasteiger partial charge in [-0.15, -0.1) is 11.8 Å². The van der Waals surface area contributed by atoms with Crippen LogP contribution in [0.2, 0.25) is 0 Å². The molecule has 2 aromatic heterocycles. The van der Waals surface area contributed by atoms with E-state index in [1.54, 1.807) is 0 Å². The summed E-state index contributed by atoms with van der Waals surface area (Å²) in [6, 6.07) is 12.0. The third-order valence-corrected chi connectivity index (χ3v) is 6.38. The minimum Gasteiger partial charge on any atom is -0.465 e. The standard InChI is InChI=1S/C26H32N2O4S/c1-7-30-25(29)26(3,4)33-16-8-9-21-14-15-22(32-21)17-23-18(2)31-24(27-23)19-10-12-20(13-11-19)28(5)6/h8-15H,7,16-17H2,1-6H3. The zero-order valence-electron chi connectivity index (χ0n) is 20.2. The van der Waals surface area contributed by atoms with E-state index in [9.17, 15) is 4.79 Å². The van der Waals surface area contributed by atoms with Gasteiger partial charge in [0.15, 0.2) is 0 Å². The molecule has 33 heavy (non-hydrogen) atoms. The number of furan rings is 1. The van der Waals surface area contributed by atoms with Crippen molar-refractivity contribution in [1.82, 2.24) is 4.98 Å². The van der Waals surface area contributed by atoms with Crippen molar-refractivity contribution < 1.29 is 18.4 Å². The first-order valence-corrected chi connectivity index (χ1v) is 12.0. The third-order valence-electron chi connectivity index (χ3n) is 5.14. The highest BCUT2D eigenvalue weighted by atomic mass is 32.2. The van der Waals surface area contributed by atoms with Gasteiger partial charge in [-0.25, -0.2) is 4.98 Å². The molecule has 0 saturated carbocycles. The van der Waals surface area contributed by atoms with Gasteiger partial charge in [-0.2, -0.15) is 0 Å². The summed E-state index contributed by atoms with van der Waals surface area (Å²) < 4.78 is 16.4. The van der Waals surface area contributed by atoms with Crippen molar-refractivity contribution >= 4 is 29.5 Å². The lowest BCUT2D eigenvalue weighted by Crippen LogP contribution is -2.30. The molecule has 0 aliphatic heterocycles. The highest BCUT2D eigenvalue weighted by Crippen LogP contribution is 2.27. The number of carbonyl (C=O) groups is 1. The van der Waals surface area contributed by atoms with Crippen molar-refractivity contribution in [3.8, 4) is 11.5 Å². The maximum Gasteiger partial charge on any atom is 0.321 e. The Bertz CT molecular complexity index is 1090. The smallest absolute Gasteiger partial charge is 0.321 e. The zero-order chi connectivity index (χ0) is 24.0. The quantitative estimate of drug-likeness (QED) is 0.339. The van der Waals surface area contributed by atoms with Gasteiger partial charge in [0, 0.05) is 31.1 Å². The fourth-order valence-electron chi connectivity index (χ4n) is 3.15. The second-order valence-corrected chi connectivity index (χ2v) is 10.0. The van der Waals surface area contributed by atoms with Gasteiger partial charge in [-0.3, -0.25) is 4.79 Å². The van der Waals surface area contributed by atoms with Gasteiger partial charge in [0.25, 0.3) is 0 Å². The van der Waals surface area contributed by atoms with Crippen LogP contribution in [0.3, 0.4) is 0 Å². The lowest BCUT2D eigenvalue weighted by molar-refractivity contribution is -0.145. The van der Waals surface area contributed by atoms with Gasteiger partial charge in [0.2, 0.25) is 5.89 Å². The van der Waals surface area contributed by atoms with Crippen LogP contribution >= 0.6 is 11.8 Å². The first-order valence-electron chi connectivity index (χ1n) is 11.0. The summed E-state index contributed by atoms with van der Waals surface area (Å²) in [5.41, 5.74) is 2.93. The molecule has 3 aromatic rings. The van der Waals surface area contributed by atoms with Crippen LogP contribution in [0, 0.1) is 6.92 Å². The van der Waals surface area contributed by atoms with Crippen LogP contribution in [-0.4, -0.2) is 42.2 Å². The predicted octanol–water partition coefficient (Wildman–Crippen LogP) is 5.99. The third kappa shape index (κ3) is 6.54. The molecule has 0 saturated heterocycles. The minimum absolute atomic E-state index is 0.195. The normalized spacial score (nSPS) is 11.8. The molecule has 3 rings (SSSR count). The summed E-state index contributed by atoms with van der Waals surface area (Å²) in [5, 5.41) is 0. The second-order valence-electron chi connectivity index (χ2n) is 8.39. The average molecular weight is 469 g/mol. The van der Waals surface area contributed by atoms with E-state index < -0.39 is 4.75 Å². The van der Waals surface area contributed by atoms with Gasteiger partial charge >= 0.3 is 5.97 Å². The van der Waals surface area contributed by atoms with E-state index in [4.69, 9.17) is 13.6 Å². The largest absolute Gasteiger partial charge is 0.465 e. The first-order chi connectivity index (χ1) is 15.7. The van der Waals surface area contributed by atoms with E-state index in [1.807, 2.05) is 90.3 Å². The molecule has 0 fully saturated rings. The fraction of sp³-hybridized carbons (Fsp3) is 0.385. The predicted molar refractivity (Wildman–Crippen MR) is 135 cm³/mol. The monoisotopic (exact) mass is 468 g/mol. The van der Waals surface area contributed by atoms with E-state index in [0.29, 0.717) is 24.7 Å². The minimum atomic E-state index is -0.580. The number of hydrogen-bond donors (Lipinski definition) is 0. The summed E-state index contributed by atoms with van der Waals surface area (Å²) in [7, 11) is 4.02. The summed E-state index contributed by atoms with van der Waals surface area (Å²) >= 11 is 1.53. The summed E-state index contributed by atoms with van der Waals surface area (Å²) in [4.78, 5) is 18.7. The van der Waals surface area contributed by atoms with Gasteiger partial charge in [-0.1, -0.05) is 6.08 Å². The van der Waals surface area contributed by atoms with E-state index in [2.05, 4.69) is 9.88 Å². The molecule has 2 heterocycles. The molecule has 0 atom stereocenters. The topological polar surface area (TPSA) is 68.7 Å². The number of oxazole rings is 1. The molecule has 6 nitrogen and oxygen atoms in total. The van der Waals surface area contributed by atoms with Crippen LogP contribution in [0.25, 0.3) is 17.5 Å². The van der Waals surface area contributed by atoms with Crippen LogP contribution in [0.15, 0.2) is 51.3 Å². The number of anilines is 1. The highest BCUT2D eigenvalue weighted by Gasteiger charge is 2.29. The summed E-state index contributed by atoms with van der Waals surface area (Å²) in [6.45, 7) is 7.88. The van der Waals surface area contributed by atoms with Crippen molar-refractivity contribution in [3.05, 3.63) is 65.4 Å². The highest BCUT2D eigenvalue weighted by molar-refractivity contribution is 8.01. The van der Waals surface area contributed by atoms with Crippen LogP contribution in [0.1, 0.15) is 43.7 Å². The number of carbonyl (C=O) groups excluding carboxylic acids is 1. The van der Waals surface area contributed by atoms with Gasteiger partial charge in [0.1, 0.15) is 22.0 Å². The van der Waals surface area contributed by atoms with E-state index in [1.165, 1.54) is 11.8 Å². The Morgan fingerprint density at radius 3 is 2.55 bits per heavy atom. The molecular weight excluding hydrogens is 436 g/mol. The molecule has 0 bridgehead atoms. The van der Waals surface area contributed by atoms with Crippen LogP contribution < -0.4 is 4.90 Å². The van der Waals surface area contributed by atoms with Crippen molar-refractivity contribution in [1.29, 1.82) is 0 Å². The molecule has 7 heteroatoms. The van der Waals surface area contributed by atoms with Crippen LogP contribution in [0.5, 0.6) is 0 Å². The average Bonchev–Trinajstić information content (AvgIpc) is 3.38. The number of aryl methyl sites for hydroxylation is 1. The van der Waals surface area contributed by atoms with Crippen molar-refractivity contribution in [2.24, 2.45) is 0 Å². The Balaban J connectivity index is 1.59. The van der Waals surface area contributed by atoms with Crippen molar-refractivity contribution in [3.63, 3.8) is 0 Å². The number of esters is 1. The Labute approximate surface area is 200 Å². The molecule has 0 aliphatic rings. The fourth-order valence-corrected chi connectivity index (χ4v) is 3.93. The molecule has 0 unspecified atom stereocenters. The van der Waals surface area contributed by atoms with E-state index >= 15 is 0 Å². The summed E-state index contributed by atoms with van der Waals surface area (Å²) in [6.07, 6.45) is 4.47. The van der Waals surface area contributed by atoms with Gasteiger partial charge < -0.3 is 18.5 Å².